The highest BCUT2D eigenvalue weighted by Crippen LogP contribution is 2.27. The molecule has 0 saturated carbocycles. The first-order valence-corrected chi connectivity index (χ1v) is 12.2. The largest absolute Gasteiger partial charge is 0.497 e. The summed E-state index contributed by atoms with van der Waals surface area (Å²) in [6.45, 7) is 4.68. The van der Waals surface area contributed by atoms with Gasteiger partial charge in [-0.2, -0.15) is 0 Å². The van der Waals surface area contributed by atoms with Crippen LogP contribution in [-0.2, 0) is 11.2 Å². The summed E-state index contributed by atoms with van der Waals surface area (Å²) in [4.78, 5) is 45.6. The first-order valence-electron chi connectivity index (χ1n) is 12.2. The van der Waals surface area contributed by atoms with Crippen molar-refractivity contribution in [2.75, 3.05) is 58.8 Å². The number of hydrogen-bond acceptors (Lipinski definition) is 8. The number of nitrogens with zero attached hydrogens (tertiary/aromatic N) is 4. The van der Waals surface area contributed by atoms with E-state index in [0.717, 1.165) is 61.8 Å². The molecule has 11 nitrogen and oxygen atoms in total. The van der Waals surface area contributed by atoms with Crippen LogP contribution in [0.2, 0.25) is 0 Å². The van der Waals surface area contributed by atoms with Gasteiger partial charge in [-0.25, -0.2) is 9.78 Å². The predicted octanol–water partition coefficient (Wildman–Crippen LogP) is 1.78. The van der Waals surface area contributed by atoms with E-state index >= 15 is 0 Å². The third-order valence-corrected chi connectivity index (χ3v) is 6.87. The number of imide groups is 1. The zero-order valence-electron chi connectivity index (χ0n) is 21.1. The van der Waals surface area contributed by atoms with Gasteiger partial charge >= 0.3 is 6.03 Å². The van der Waals surface area contributed by atoms with Crippen molar-refractivity contribution < 1.29 is 23.5 Å². The molecule has 6 rings (SSSR count). The molecule has 5 heterocycles. The topological polar surface area (TPSA) is 120 Å². The average molecular weight is 507 g/mol. The van der Waals surface area contributed by atoms with Crippen LogP contribution in [0.4, 0.5) is 10.6 Å². The minimum Gasteiger partial charge on any atom is -0.497 e. The van der Waals surface area contributed by atoms with Crippen LogP contribution in [0.5, 0.6) is 5.75 Å². The van der Waals surface area contributed by atoms with Gasteiger partial charge in [0.1, 0.15) is 22.8 Å². The van der Waals surface area contributed by atoms with Crippen LogP contribution in [0.3, 0.4) is 0 Å². The van der Waals surface area contributed by atoms with Crippen LogP contribution in [0.1, 0.15) is 27.7 Å². The number of fused-ring (bicyclic) bond motifs is 2. The third-order valence-electron chi connectivity index (χ3n) is 6.87. The van der Waals surface area contributed by atoms with E-state index in [1.165, 1.54) is 0 Å². The van der Waals surface area contributed by atoms with Crippen molar-refractivity contribution in [3.8, 4) is 5.75 Å². The fraction of sp³-hybridized carbons (Fsp3) is 0.385. The number of aromatic nitrogens is 1. The van der Waals surface area contributed by atoms with Crippen molar-refractivity contribution in [2.45, 2.75) is 12.5 Å². The molecule has 11 heteroatoms. The smallest absolute Gasteiger partial charge is 0.322 e. The van der Waals surface area contributed by atoms with Crippen molar-refractivity contribution >= 4 is 34.8 Å². The normalized spacial score (nSPS) is 19.8. The molecule has 3 aromatic rings. The number of anilines is 1. The number of methoxy groups -OCH3 is 1. The molecule has 194 valence electrons. The zero-order chi connectivity index (χ0) is 26.1. The molecular formula is C26H30N6O5. The van der Waals surface area contributed by atoms with Gasteiger partial charge in [0, 0.05) is 51.4 Å². The van der Waals surface area contributed by atoms with E-state index in [1.807, 2.05) is 37.4 Å². The number of nitrogens with one attached hydrogen (secondary N) is 2. The second kappa shape index (κ2) is 10.1. The fourth-order valence-electron chi connectivity index (χ4n) is 4.60. The molecule has 0 bridgehead atoms. The lowest BCUT2D eigenvalue weighted by molar-refractivity contribution is -0.120. The Morgan fingerprint density at radius 1 is 1.00 bits per heavy atom. The summed E-state index contributed by atoms with van der Waals surface area (Å²) in [5.74, 6) is 1.72. The van der Waals surface area contributed by atoms with Gasteiger partial charge in [0.2, 0.25) is 0 Å². The quantitative estimate of drug-likeness (QED) is 0.516. The van der Waals surface area contributed by atoms with Crippen LogP contribution in [-0.4, -0.2) is 86.6 Å². The van der Waals surface area contributed by atoms with E-state index in [-0.39, 0.29) is 5.91 Å². The van der Waals surface area contributed by atoms with E-state index in [2.05, 4.69) is 32.5 Å². The summed E-state index contributed by atoms with van der Waals surface area (Å²) in [6.07, 6.45) is 0.932. The number of likely N-dealkylation sites (N-methyl/N-ethyl adjacent to an activating group) is 2. The Kier molecular flexibility index (Phi) is 6.70. The van der Waals surface area contributed by atoms with Crippen molar-refractivity contribution in [1.29, 1.82) is 0 Å². The van der Waals surface area contributed by atoms with Crippen LogP contribution in [0, 0.1) is 0 Å². The lowest BCUT2D eigenvalue weighted by Crippen LogP contribution is -2.44. The molecule has 0 aliphatic carbocycles. The van der Waals surface area contributed by atoms with Crippen molar-refractivity contribution in [3.63, 3.8) is 0 Å². The Hall–Kier alpha value is -4.12. The average Bonchev–Trinajstić information content (AvgIpc) is 3.48. The molecule has 1 unspecified atom stereocenters. The van der Waals surface area contributed by atoms with Crippen LogP contribution in [0.15, 0.2) is 40.8 Å². The van der Waals surface area contributed by atoms with E-state index in [4.69, 9.17) is 9.15 Å². The highest BCUT2D eigenvalue weighted by Gasteiger charge is 2.33. The monoisotopic (exact) mass is 506 g/mol. The first-order chi connectivity index (χ1) is 17.8. The Labute approximate surface area is 214 Å². The second-order valence-electron chi connectivity index (χ2n) is 9.39. The number of piperazine rings is 1. The summed E-state index contributed by atoms with van der Waals surface area (Å²) in [5, 5.41) is 4.72. The molecule has 3 aliphatic rings. The third kappa shape index (κ3) is 5.08. The predicted molar refractivity (Wildman–Crippen MR) is 137 cm³/mol. The van der Waals surface area contributed by atoms with Gasteiger partial charge in [-0.05, 0) is 43.3 Å². The SMILES string of the molecule is CN1CCN(c2ccc3oc(C4NC(=O)NC4=O)cc3n2)CC1.COc1ccc2c(c1)C(=O)N(C)CC2. The lowest BCUT2D eigenvalue weighted by atomic mass is 9.99. The molecule has 1 aromatic carbocycles. The van der Waals surface area contributed by atoms with Gasteiger partial charge in [0.05, 0.1) is 7.11 Å². The number of benzene rings is 1. The molecule has 2 aromatic heterocycles. The van der Waals surface area contributed by atoms with Gasteiger partial charge in [-0.1, -0.05) is 6.07 Å². The highest BCUT2D eigenvalue weighted by atomic mass is 16.5. The summed E-state index contributed by atoms with van der Waals surface area (Å²) >= 11 is 0. The van der Waals surface area contributed by atoms with Crippen LogP contribution >= 0.6 is 0 Å². The van der Waals surface area contributed by atoms with Crippen LogP contribution < -0.4 is 20.3 Å². The molecular weight excluding hydrogens is 476 g/mol. The zero-order valence-corrected chi connectivity index (χ0v) is 21.1. The van der Waals surface area contributed by atoms with Crippen molar-refractivity contribution in [3.05, 3.63) is 53.3 Å². The number of hydrogen-bond donors (Lipinski definition) is 2. The molecule has 37 heavy (non-hydrogen) atoms. The van der Waals surface area contributed by atoms with Gasteiger partial charge in [0.15, 0.2) is 11.6 Å². The highest BCUT2D eigenvalue weighted by molar-refractivity contribution is 6.04. The van der Waals surface area contributed by atoms with Gasteiger partial charge < -0.3 is 29.2 Å². The number of amides is 4. The fourth-order valence-corrected chi connectivity index (χ4v) is 4.60. The molecule has 0 spiro atoms. The number of carbonyl (C=O) groups is 3. The Bertz CT molecular complexity index is 1350. The molecule has 0 radical (unpaired) electrons. The number of furan rings is 1. The number of carbonyl (C=O) groups excluding carboxylic acids is 3. The Morgan fingerprint density at radius 2 is 1.78 bits per heavy atom. The minimum absolute atomic E-state index is 0.0881. The first kappa shape index (κ1) is 24.6. The van der Waals surface area contributed by atoms with Gasteiger partial charge in [0.25, 0.3) is 11.8 Å². The number of urea groups is 1. The van der Waals surface area contributed by atoms with E-state index < -0.39 is 18.0 Å². The number of pyridine rings is 1. The number of ether oxygens (including phenoxy) is 1. The summed E-state index contributed by atoms with van der Waals surface area (Å²) in [5.41, 5.74) is 3.18. The summed E-state index contributed by atoms with van der Waals surface area (Å²) in [7, 11) is 5.54. The molecule has 2 fully saturated rings. The molecule has 2 N–H and O–H groups in total. The van der Waals surface area contributed by atoms with Gasteiger partial charge in [-0.3, -0.25) is 14.9 Å². The standard InChI is InChI=1S/C15H17N5O3.C11H13NO2/c1-19-4-6-20(7-5-19)12-3-2-10-9(16-12)8-11(23-10)13-14(21)18-15(22)17-13;1-12-6-5-8-3-4-9(14-2)7-10(8)11(12)13/h2-3,8,13H,4-7H2,1H3,(H2,17,18,21,22);3-4,7H,5-6H2,1-2H3. The van der Waals surface area contributed by atoms with E-state index in [1.54, 1.807) is 18.1 Å². The number of rotatable bonds is 3. The summed E-state index contributed by atoms with van der Waals surface area (Å²) < 4.78 is 10.8. The van der Waals surface area contributed by atoms with Gasteiger partial charge in [-0.15, -0.1) is 0 Å². The van der Waals surface area contributed by atoms with Crippen LogP contribution in [0.25, 0.3) is 11.1 Å². The van der Waals surface area contributed by atoms with Crippen molar-refractivity contribution in [2.24, 2.45) is 0 Å². The maximum atomic E-state index is 11.8. The minimum atomic E-state index is -0.788. The lowest BCUT2D eigenvalue weighted by Gasteiger charge is -2.33. The Morgan fingerprint density at radius 3 is 2.49 bits per heavy atom. The summed E-state index contributed by atoms with van der Waals surface area (Å²) in [6, 6.07) is 9.88. The van der Waals surface area contributed by atoms with E-state index in [9.17, 15) is 14.4 Å². The molecule has 4 amide bonds. The molecule has 3 aliphatic heterocycles. The maximum absolute atomic E-state index is 11.8. The molecule has 1 atom stereocenters. The van der Waals surface area contributed by atoms with E-state index in [0.29, 0.717) is 16.9 Å². The maximum Gasteiger partial charge on any atom is 0.322 e. The Balaban J connectivity index is 0.000000171. The second-order valence-corrected chi connectivity index (χ2v) is 9.39. The molecule has 2 saturated heterocycles. The van der Waals surface area contributed by atoms with Crippen molar-refractivity contribution in [1.82, 2.24) is 25.4 Å².